The van der Waals surface area contributed by atoms with E-state index in [0.717, 1.165) is 9.80 Å². The number of rotatable bonds is 9. The quantitative estimate of drug-likeness (QED) is 0.283. The third kappa shape index (κ3) is 7.30. The second-order valence-electron chi connectivity index (χ2n) is 9.70. The molecule has 42 heavy (non-hydrogen) atoms. The fourth-order valence-corrected chi connectivity index (χ4v) is 5.72. The van der Waals surface area contributed by atoms with E-state index >= 15 is 0 Å². The van der Waals surface area contributed by atoms with E-state index in [1.54, 1.807) is 58.3 Å². The summed E-state index contributed by atoms with van der Waals surface area (Å²) in [5.74, 6) is -3.51. The topological polar surface area (TPSA) is 134 Å². The van der Waals surface area contributed by atoms with E-state index in [9.17, 15) is 28.8 Å². The number of carbonyl (C=O) groups excluding carboxylic acids is 6. The van der Waals surface area contributed by atoms with Crippen molar-refractivity contribution in [2.75, 3.05) is 39.3 Å². The summed E-state index contributed by atoms with van der Waals surface area (Å²) in [5, 5.41) is 0. The highest BCUT2D eigenvalue weighted by Crippen LogP contribution is 2.32. The van der Waals surface area contributed by atoms with Crippen molar-refractivity contribution in [1.29, 1.82) is 0 Å². The van der Waals surface area contributed by atoms with Crippen molar-refractivity contribution < 1.29 is 38.2 Å². The number of hydrogen-bond donors (Lipinski definition) is 0. The number of hydrogen-bond acceptors (Lipinski definition) is 10. The molecule has 4 amide bonds. The van der Waals surface area contributed by atoms with Crippen LogP contribution in [0.3, 0.4) is 0 Å². The Morgan fingerprint density at radius 1 is 0.643 bits per heavy atom. The molecule has 2 unspecified atom stereocenters. The lowest BCUT2D eigenvalue weighted by molar-refractivity contribution is -0.178. The molecule has 2 fully saturated rings. The molecule has 2 saturated heterocycles. The Morgan fingerprint density at radius 3 is 1.24 bits per heavy atom. The van der Waals surface area contributed by atoms with Crippen LogP contribution in [0, 0.1) is 0 Å². The highest BCUT2D eigenvalue weighted by molar-refractivity contribution is 9.10. The Morgan fingerprint density at radius 2 is 0.952 bits per heavy atom. The third-order valence-corrected chi connectivity index (χ3v) is 8.05. The van der Waals surface area contributed by atoms with Gasteiger partial charge in [-0.2, -0.15) is 0 Å². The zero-order chi connectivity index (χ0) is 30.6. The summed E-state index contributed by atoms with van der Waals surface area (Å²) in [6.45, 7) is 2.31. The second kappa shape index (κ2) is 13.7. The van der Waals surface area contributed by atoms with Crippen molar-refractivity contribution in [1.82, 2.24) is 19.6 Å². The summed E-state index contributed by atoms with van der Waals surface area (Å²) >= 11 is 6.77. The van der Waals surface area contributed by atoms with Gasteiger partial charge in [0.05, 0.1) is 26.2 Å². The summed E-state index contributed by atoms with van der Waals surface area (Å²) < 4.78 is 11.9. The van der Waals surface area contributed by atoms with Crippen LogP contribution in [0.2, 0.25) is 0 Å². The average molecular weight is 708 g/mol. The predicted octanol–water partition coefficient (Wildman–Crippen LogP) is 2.38. The van der Waals surface area contributed by atoms with E-state index < -0.39 is 48.0 Å². The van der Waals surface area contributed by atoms with Crippen LogP contribution in [0.4, 0.5) is 0 Å². The van der Waals surface area contributed by atoms with Gasteiger partial charge in [-0.3, -0.25) is 38.6 Å². The van der Waals surface area contributed by atoms with Crippen LogP contribution in [0.5, 0.6) is 0 Å². The lowest BCUT2D eigenvalue weighted by Crippen LogP contribution is -2.59. The number of carbonyl (C=O) groups is 6. The maximum Gasteiger partial charge on any atom is 0.304 e. The third-order valence-electron chi connectivity index (χ3n) is 6.61. The van der Waals surface area contributed by atoms with Gasteiger partial charge in [-0.05, 0) is 12.1 Å². The highest BCUT2D eigenvalue weighted by atomic mass is 79.9. The molecule has 2 atom stereocenters. The van der Waals surface area contributed by atoms with Crippen molar-refractivity contribution >= 4 is 67.4 Å². The lowest BCUT2D eigenvalue weighted by Gasteiger charge is -2.39. The molecule has 4 rings (SSSR count). The number of imide groups is 2. The van der Waals surface area contributed by atoms with Crippen LogP contribution in [0.1, 0.15) is 37.4 Å². The van der Waals surface area contributed by atoms with Gasteiger partial charge in [0, 0.05) is 47.0 Å². The SMILES string of the molecule is CC(=O)OC(c1ccccc1Br)N1C(=O)CN(CCN2CC(=O)N(C(OC(C)=O)c3ccccc3Br)C(=O)C2)CC1=O. The zero-order valence-corrected chi connectivity index (χ0v) is 26.0. The van der Waals surface area contributed by atoms with E-state index in [1.807, 2.05) is 0 Å². The first-order valence-electron chi connectivity index (χ1n) is 12.9. The zero-order valence-electron chi connectivity index (χ0n) is 22.8. The van der Waals surface area contributed by atoms with Crippen molar-refractivity contribution in [2.24, 2.45) is 0 Å². The predicted molar refractivity (Wildman–Crippen MR) is 154 cm³/mol. The van der Waals surface area contributed by atoms with Gasteiger partial charge in [0.25, 0.3) is 0 Å². The molecule has 2 aliphatic heterocycles. The van der Waals surface area contributed by atoms with Gasteiger partial charge in [-0.15, -0.1) is 0 Å². The summed E-state index contributed by atoms with van der Waals surface area (Å²) in [4.78, 5) is 81.3. The highest BCUT2D eigenvalue weighted by Gasteiger charge is 2.41. The van der Waals surface area contributed by atoms with Gasteiger partial charge in [0.1, 0.15) is 0 Å². The number of piperazine rings is 2. The Bertz CT molecular complexity index is 1280. The minimum absolute atomic E-state index is 0.133. The summed E-state index contributed by atoms with van der Waals surface area (Å²) in [6, 6.07) is 13.7. The standard InChI is InChI=1S/C28H28Br2N4O8/c1-17(35)41-27(19-7-3-5-9-21(19)29)33-23(37)13-31(14-24(33)38)11-12-32-15-25(39)34(26(40)16-32)28(42-18(2)36)20-8-4-6-10-22(20)30/h3-10,27-28H,11-16H2,1-2H3. The van der Waals surface area contributed by atoms with Gasteiger partial charge in [0.15, 0.2) is 0 Å². The van der Waals surface area contributed by atoms with Gasteiger partial charge in [0.2, 0.25) is 36.1 Å². The van der Waals surface area contributed by atoms with E-state index in [1.165, 1.54) is 13.8 Å². The number of amides is 4. The largest absolute Gasteiger partial charge is 0.437 e. The van der Waals surface area contributed by atoms with Crippen LogP contribution in [0.25, 0.3) is 0 Å². The average Bonchev–Trinajstić information content (AvgIpc) is 2.90. The summed E-state index contributed by atoms with van der Waals surface area (Å²) in [5.41, 5.74) is 0.902. The molecule has 12 nitrogen and oxygen atoms in total. The van der Waals surface area contributed by atoms with E-state index in [4.69, 9.17) is 9.47 Å². The summed E-state index contributed by atoms with van der Waals surface area (Å²) in [7, 11) is 0. The molecule has 14 heteroatoms. The molecule has 0 bridgehead atoms. The van der Waals surface area contributed by atoms with Crippen molar-refractivity contribution in [2.45, 2.75) is 26.3 Å². The normalized spacial score (nSPS) is 18.2. The molecular weight excluding hydrogens is 680 g/mol. The first kappa shape index (κ1) is 31.5. The molecular formula is C28H28Br2N4O8. The first-order chi connectivity index (χ1) is 20.0. The number of nitrogens with zero attached hydrogens (tertiary/aromatic N) is 4. The van der Waals surface area contributed by atoms with Crippen LogP contribution in [0.15, 0.2) is 57.5 Å². The van der Waals surface area contributed by atoms with Gasteiger partial charge in [-0.1, -0.05) is 68.3 Å². The van der Waals surface area contributed by atoms with Crippen molar-refractivity contribution in [3.8, 4) is 0 Å². The van der Waals surface area contributed by atoms with E-state index in [2.05, 4.69) is 31.9 Å². The van der Waals surface area contributed by atoms with Gasteiger partial charge < -0.3 is 9.47 Å². The molecule has 2 aliphatic rings. The monoisotopic (exact) mass is 706 g/mol. The first-order valence-corrected chi connectivity index (χ1v) is 14.5. The molecule has 0 spiro atoms. The minimum atomic E-state index is -1.22. The Hall–Kier alpha value is -3.46. The molecule has 0 radical (unpaired) electrons. The lowest BCUT2D eigenvalue weighted by atomic mass is 10.1. The van der Waals surface area contributed by atoms with Crippen LogP contribution in [-0.4, -0.2) is 94.4 Å². The summed E-state index contributed by atoms with van der Waals surface area (Å²) in [6.07, 6.45) is -2.45. The maximum atomic E-state index is 13.1. The Balaban J connectivity index is 1.40. The molecule has 2 aromatic rings. The molecule has 0 saturated carbocycles. The van der Waals surface area contributed by atoms with E-state index in [0.29, 0.717) is 20.1 Å². The van der Waals surface area contributed by atoms with E-state index in [-0.39, 0.29) is 39.3 Å². The molecule has 0 N–H and O–H groups in total. The second-order valence-corrected chi connectivity index (χ2v) is 11.4. The number of ether oxygens (including phenoxy) is 2. The maximum absolute atomic E-state index is 13.1. The number of halogens is 2. The molecule has 2 heterocycles. The number of benzene rings is 2. The molecule has 2 aromatic carbocycles. The minimum Gasteiger partial charge on any atom is -0.437 e. The van der Waals surface area contributed by atoms with Crippen LogP contribution < -0.4 is 0 Å². The Labute approximate surface area is 258 Å². The Kier molecular flexibility index (Phi) is 10.2. The fraction of sp³-hybridized carbons (Fsp3) is 0.357. The number of esters is 2. The van der Waals surface area contributed by atoms with Gasteiger partial charge >= 0.3 is 11.9 Å². The van der Waals surface area contributed by atoms with Crippen LogP contribution in [-0.2, 0) is 38.2 Å². The van der Waals surface area contributed by atoms with Crippen molar-refractivity contribution in [3.63, 3.8) is 0 Å². The smallest absolute Gasteiger partial charge is 0.304 e. The van der Waals surface area contributed by atoms with Crippen molar-refractivity contribution in [3.05, 3.63) is 68.6 Å². The van der Waals surface area contributed by atoms with Crippen LogP contribution >= 0.6 is 31.9 Å². The molecule has 222 valence electrons. The molecule has 0 aromatic heterocycles. The van der Waals surface area contributed by atoms with Gasteiger partial charge in [-0.25, -0.2) is 9.80 Å². The fourth-order valence-electron chi connectivity index (χ4n) is 4.76. The molecule has 0 aliphatic carbocycles.